The van der Waals surface area contributed by atoms with Gasteiger partial charge in [0, 0.05) is 0 Å². The van der Waals surface area contributed by atoms with Crippen LogP contribution in [0.2, 0.25) is 0 Å². The summed E-state index contributed by atoms with van der Waals surface area (Å²) in [5, 5.41) is 0. The Balaban J connectivity index is 0. The first-order valence-corrected chi connectivity index (χ1v) is 0. The van der Waals surface area contributed by atoms with Gasteiger partial charge < -0.3 is 45.3 Å². The van der Waals surface area contributed by atoms with E-state index in [-0.39, 0.29) is 86.6 Å². The fourth-order valence-electron chi connectivity index (χ4n) is 0. The molecule has 0 aliphatic rings. The molecule has 0 aliphatic heterocycles. The Hall–Kier alpha value is 1.41. The molecule has 0 atom stereocenters. The minimum atomic E-state index is 0. The number of rotatable bonds is 0. The molecule has 8 heteroatoms. The van der Waals surface area contributed by atoms with Gasteiger partial charge in [0.05, 0.1) is 0 Å². The summed E-state index contributed by atoms with van der Waals surface area (Å²) in [7, 11) is 0. The van der Waals surface area contributed by atoms with E-state index in [9.17, 15) is 0 Å². The molecule has 0 aromatic heterocycles. The summed E-state index contributed by atoms with van der Waals surface area (Å²) < 4.78 is 0. The normalized spacial score (nSPS) is 0. The molecule has 0 spiro atoms. The topological polar surface area (TPSA) is 189 Å². The maximum atomic E-state index is 0. The van der Waals surface area contributed by atoms with Gasteiger partial charge in [0.15, 0.2) is 0 Å². The zero-order valence-corrected chi connectivity index (χ0v) is 8.42. The van der Waals surface area contributed by atoms with Crippen molar-refractivity contribution in [2.75, 3.05) is 0 Å². The molecular formula is H12ClO6Pr+2. The third-order valence-corrected chi connectivity index (χ3v) is 0. The van der Waals surface area contributed by atoms with Gasteiger partial charge in [-0.1, -0.05) is 0 Å². The van der Waals surface area contributed by atoms with Crippen LogP contribution in [-0.2, 0) is 0 Å². The Morgan fingerprint density at radius 3 is 0.375 bits per heavy atom. The minimum absolute atomic E-state index is 0. The van der Waals surface area contributed by atoms with Crippen LogP contribution in [0, 0.1) is 41.3 Å². The molecule has 0 radical (unpaired) electrons. The summed E-state index contributed by atoms with van der Waals surface area (Å²) in [6.07, 6.45) is 0. The zero-order chi connectivity index (χ0) is 0. The van der Waals surface area contributed by atoms with E-state index in [1.807, 2.05) is 0 Å². The average Bonchev–Trinajstić information content (AvgIpc) is 0. The van der Waals surface area contributed by atoms with Crippen molar-refractivity contribution in [3.05, 3.63) is 0 Å². The van der Waals surface area contributed by atoms with Crippen molar-refractivity contribution in [2.45, 2.75) is 0 Å². The maximum absolute atomic E-state index is 0. The van der Waals surface area contributed by atoms with Crippen molar-refractivity contribution >= 4 is 0 Å². The van der Waals surface area contributed by atoms with Crippen LogP contribution in [0.5, 0.6) is 0 Å². The molecule has 0 rings (SSSR count). The van der Waals surface area contributed by atoms with Crippen molar-refractivity contribution in [3.63, 3.8) is 0 Å². The summed E-state index contributed by atoms with van der Waals surface area (Å²) in [5.41, 5.74) is 0. The summed E-state index contributed by atoms with van der Waals surface area (Å²) in [4.78, 5) is 0. The molecule has 0 bridgehead atoms. The second-order valence-electron chi connectivity index (χ2n) is 0. The van der Waals surface area contributed by atoms with E-state index in [0.717, 1.165) is 0 Å². The van der Waals surface area contributed by atoms with E-state index in [0.29, 0.717) is 0 Å². The first kappa shape index (κ1) is 333. The van der Waals surface area contributed by atoms with Gasteiger partial charge >= 0.3 is 41.3 Å². The van der Waals surface area contributed by atoms with E-state index in [4.69, 9.17) is 0 Å². The summed E-state index contributed by atoms with van der Waals surface area (Å²) in [5.74, 6) is 0. The fraction of sp³-hybridized carbons (Fsp3) is 0. The largest absolute Gasteiger partial charge is 3.00 e. The van der Waals surface area contributed by atoms with Crippen LogP contribution in [0.4, 0.5) is 0 Å². The predicted molar refractivity (Wildman–Crippen MR) is 21.7 cm³/mol. The Labute approximate surface area is 85.9 Å². The van der Waals surface area contributed by atoms with Crippen LogP contribution in [0.15, 0.2) is 0 Å². The van der Waals surface area contributed by atoms with Gasteiger partial charge in [0.1, 0.15) is 0 Å². The third kappa shape index (κ3) is 153. The van der Waals surface area contributed by atoms with Crippen molar-refractivity contribution in [2.24, 2.45) is 0 Å². The molecular weight excluding hydrogens is 272 g/mol. The molecule has 8 heavy (non-hydrogen) atoms. The standard InChI is InChI=1S/ClH.6H2O.Pr/h1H;6*1H2;/q;;;;;;;+3/p-1. The second kappa shape index (κ2) is 231. The number of hydrogen-bond acceptors (Lipinski definition) is 0. The molecule has 0 aliphatic carbocycles. The van der Waals surface area contributed by atoms with E-state index in [1.54, 1.807) is 0 Å². The quantitative estimate of drug-likeness (QED) is 0.408. The number of hydrogen-bond donors (Lipinski definition) is 0. The SMILES string of the molecule is O.O.O.O.O.O.[Cl-].[Pr+3]. The van der Waals surface area contributed by atoms with Crippen LogP contribution >= 0.6 is 0 Å². The van der Waals surface area contributed by atoms with Crippen LogP contribution in [0.3, 0.4) is 0 Å². The first-order valence-electron chi connectivity index (χ1n) is 0. The Kier molecular flexibility index (Phi) is 9650. The van der Waals surface area contributed by atoms with Crippen LogP contribution < -0.4 is 12.4 Å². The average molecular weight is 284 g/mol. The van der Waals surface area contributed by atoms with Crippen LogP contribution in [0.1, 0.15) is 0 Å². The molecule has 12 N–H and O–H groups in total. The Bertz CT molecular complexity index is 8.49. The van der Waals surface area contributed by atoms with Crippen molar-refractivity contribution < 1.29 is 86.6 Å². The summed E-state index contributed by atoms with van der Waals surface area (Å²) in [6, 6.07) is 0. The van der Waals surface area contributed by atoms with Crippen LogP contribution in [0.25, 0.3) is 0 Å². The van der Waals surface area contributed by atoms with Crippen LogP contribution in [-0.4, -0.2) is 32.9 Å². The second-order valence-corrected chi connectivity index (χ2v) is 0. The molecule has 6 nitrogen and oxygen atoms in total. The van der Waals surface area contributed by atoms with Gasteiger partial charge in [-0.15, -0.1) is 0 Å². The van der Waals surface area contributed by atoms with Crippen molar-refractivity contribution in [3.8, 4) is 0 Å². The maximum Gasteiger partial charge on any atom is 3.00 e. The van der Waals surface area contributed by atoms with Gasteiger partial charge in [-0.05, 0) is 0 Å². The van der Waals surface area contributed by atoms with E-state index in [1.165, 1.54) is 0 Å². The van der Waals surface area contributed by atoms with Gasteiger partial charge in [0.2, 0.25) is 0 Å². The third-order valence-electron chi connectivity index (χ3n) is 0. The van der Waals surface area contributed by atoms with E-state index < -0.39 is 0 Å². The monoisotopic (exact) mass is 284 g/mol. The molecule has 0 saturated carbocycles. The molecule has 0 fully saturated rings. The molecule has 0 heterocycles. The van der Waals surface area contributed by atoms with Gasteiger partial charge in [-0.3, -0.25) is 0 Å². The fourth-order valence-corrected chi connectivity index (χ4v) is 0. The Morgan fingerprint density at radius 1 is 0.375 bits per heavy atom. The van der Waals surface area contributed by atoms with Gasteiger partial charge in [-0.2, -0.15) is 0 Å². The Morgan fingerprint density at radius 2 is 0.375 bits per heavy atom. The van der Waals surface area contributed by atoms with E-state index >= 15 is 0 Å². The molecule has 56 valence electrons. The molecule has 0 aromatic carbocycles. The molecule has 0 unspecified atom stereocenters. The predicted octanol–water partition coefficient (Wildman–Crippen LogP) is -7.94. The molecule has 0 aromatic rings. The van der Waals surface area contributed by atoms with Gasteiger partial charge in [0.25, 0.3) is 0 Å². The first-order chi connectivity index (χ1) is 0. The summed E-state index contributed by atoms with van der Waals surface area (Å²) >= 11 is 0. The van der Waals surface area contributed by atoms with Crippen molar-refractivity contribution in [1.82, 2.24) is 0 Å². The molecule has 0 amide bonds. The minimum Gasteiger partial charge on any atom is -1.00 e. The summed E-state index contributed by atoms with van der Waals surface area (Å²) in [6.45, 7) is 0. The molecule has 0 saturated heterocycles. The van der Waals surface area contributed by atoms with Gasteiger partial charge in [-0.25, -0.2) is 0 Å². The number of halogens is 1. The zero-order valence-electron chi connectivity index (χ0n) is 3.96. The smallest absolute Gasteiger partial charge is 1.00 e. The van der Waals surface area contributed by atoms with E-state index in [2.05, 4.69) is 0 Å². The van der Waals surface area contributed by atoms with Crippen molar-refractivity contribution in [1.29, 1.82) is 0 Å².